The molecule has 2 heterocycles. The zero-order valence-electron chi connectivity index (χ0n) is 12.7. The number of anilines is 1. The van der Waals surface area contributed by atoms with Crippen LogP contribution < -0.4 is 5.32 Å². The van der Waals surface area contributed by atoms with E-state index < -0.39 is 15.8 Å². The van der Waals surface area contributed by atoms with Crippen LogP contribution in [0.25, 0.3) is 0 Å². The Morgan fingerprint density at radius 3 is 2.62 bits per heavy atom. The van der Waals surface area contributed by atoms with Gasteiger partial charge in [-0.1, -0.05) is 23.2 Å². The van der Waals surface area contributed by atoms with Crippen LogP contribution in [0.15, 0.2) is 18.2 Å². The van der Waals surface area contributed by atoms with Gasteiger partial charge in [0.1, 0.15) is 0 Å². The molecule has 0 aliphatic carbocycles. The highest BCUT2D eigenvalue weighted by molar-refractivity contribution is 7.91. The van der Waals surface area contributed by atoms with Crippen LogP contribution in [-0.4, -0.2) is 49.2 Å². The lowest BCUT2D eigenvalue weighted by Crippen LogP contribution is -2.38. The maximum atomic E-state index is 12.4. The molecule has 1 N–H and O–H groups in total. The highest BCUT2D eigenvalue weighted by Gasteiger charge is 2.41. The topological polar surface area (TPSA) is 83.6 Å². The molecule has 2 aliphatic rings. The molecule has 3 rings (SSSR count). The first-order valence-electron chi connectivity index (χ1n) is 7.51. The highest BCUT2D eigenvalue weighted by atomic mass is 35.5. The summed E-state index contributed by atoms with van der Waals surface area (Å²) in [5.74, 6) is -0.881. The van der Waals surface area contributed by atoms with E-state index in [1.165, 1.54) is 4.90 Å². The molecule has 6 nitrogen and oxygen atoms in total. The van der Waals surface area contributed by atoms with Crippen LogP contribution in [0.1, 0.15) is 12.8 Å². The van der Waals surface area contributed by atoms with E-state index in [-0.39, 0.29) is 42.3 Å². The SMILES string of the molecule is O=C(Nc1ccc(Cl)c(Cl)c1)C1CC(=O)N(C2CCS(=O)(=O)C2)C1. The Bertz CT molecular complexity index is 797. The van der Waals surface area contributed by atoms with Crippen molar-refractivity contribution in [2.75, 3.05) is 23.4 Å². The van der Waals surface area contributed by atoms with Gasteiger partial charge in [0.05, 0.1) is 27.5 Å². The molecule has 1 aromatic rings. The molecule has 0 radical (unpaired) electrons. The fourth-order valence-corrected chi connectivity index (χ4v) is 5.13. The van der Waals surface area contributed by atoms with E-state index in [1.54, 1.807) is 18.2 Å². The smallest absolute Gasteiger partial charge is 0.229 e. The molecule has 0 spiro atoms. The predicted octanol–water partition coefficient (Wildman–Crippen LogP) is 1.97. The van der Waals surface area contributed by atoms with Crippen molar-refractivity contribution in [3.05, 3.63) is 28.2 Å². The van der Waals surface area contributed by atoms with Gasteiger partial charge in [-0.2, -0.15) is 0 Å². The second-order valence-corrected chi connectivity index (χ2v) is 9.17. The first-order valence-corrected chi connectivity index (χ1v) is 10.1. The number of nitrogens with one attached hydrogen (secondary N) is 1. The van der Waals surface area contributed by atoms with Crippen molar-refractivity contribution in [3.8, 4) is 0 Å². The maximum absolute atomic E-state index is 12.4. The lowest BCUT2D eigenvalue weighted by molar-refractivity contribution is -0.129. The summed E-state index contributed by atoms with van der Waals surface area (Å²) >= 11 is 11.7. The number of halogens is 2. The number of rotatable bonds is 3. The first kappa shape index (κ1) is 17.5. The Kier molecular flexibility index (Phi) is 4.77. The van der Waals surface area contributed by atoms with Crippen LogP contribution in [0.3, 0.4) is 0 Å². The molecule has 2 aliphatic heterocycles. The molecule has 2 atom stereocenters. The minimum absolute atomic E-state index is 0.0140. The third-order valence-corrected chi connectivity index (χ3v) is 6.85. The lowest BCUT2D eigenvalue weighted by Gasteiger charge is -2.22. The maximum Gasteiger partial charge on any atom is 0.229 e. The number of sulfone groups is 1. The van der Waals surface area contributed by atoms with Crippen molar-refractivity contribution in [1.82, 2.24) is 4.90 Å². The summed E-state index contributed by atoms with van der Waals surface area (Å²) in [4.78, 5) is 26.0. The summed E-state index contributed by atoms with van der Waals surface area (Å²) < 4.78 is 23.2. The summed E-state index contributed by atoms with van der Waals surface area (Å²) in [7, 11) is -3.07. The summed E-state index contributed by atoms with van der Waals surface area (Å²) in [6.07, 6.45) is 0.527. The van der Waals surface area contributed by atoms with Gasteiger partial charge in [-0.05, 0) is 24.6 Å². The van der Waals surface area contributed by atoms with Gasteiger partial charge in [-0.15, -0.1) is 0 Å². The average Bonchev–Trinajstić information content (AvgIpc) is 3.05. The van der Waals surface area contributed by atoms with Gasteiger partial charge in [0, 0.05) is 24.7 Å². The first-order chi connectivity index (χ1) is 11.2. The van der Waals surface area contributed by atoms with Crippen LogP contribution in [-0.2, 0) is 19.4 Å². The number of likely N-dealkylation sites (tertiary alicyclic amines) is 1. The van der Waals surface area contributed by atoms with Crippen LogP contribution >= 0.6 is 23.2 Å². The van der Waals surface area contributed by atoms with Crippen molar-refractivity contribution in [1.29, 1.82) is 0 Å². The predicted molar refractivity (Wildman–Crippen MR) is 92.0 cm³/mol. The lowest BCUT2D eigenvalue weighted by atomic mass is 10.1. The van der Waals surface area contributed by atoms with E-state index in [1.807, 2.05) is 0 Å². The monoisotopic (exact) mass is 390 g/mol. The summed E-state index contributed by atoms with van der Waals surface area (Å²) in [6.45, 7) is 0.242. The van der Waals surface area contributed by atoms with Gasteiger partial charge in [0.25, 0.3) is 0 Å². The number of amides is 2. The second-order valence-electron chi connectivity index (χ2n) is 6.12. The molecule has 2 unspecified atom stereocenters. The molecule has 0 saturated carbocycles. The summed E-state index contributed by atoms with van der Waals surface area (Å²) in [6, 6.07) is 4.43. The Labute approximate surface area is 150 Å². The minimum Gasteiger partial charge on any atom is -0.338 e. The van der Waals surface area contributed by atoms with E-state index in [0.29, 0.717) is 22.2 Å². The number of benzene rings is 1. The molecule has 1 aromatic carbocycles. The molecule has 2 saturated heterocycles. The van der Waals surface area contributed by atoms with Crippen LogP contribution in [0, 0.1) is 5.92 Å². The Morgan fingerprint density at radius 2 is 2.00 bits per heavy atom. The number of carbonyl (C=O) groups is 2. The van der Waals surface area contributed by atoms with Gasteiger partial charge in [-0.25, -0.2) is 8.42 Å². The van der Waals surface area contributed by atoms with Crippen LogP contribution in [0.4, 0.5) is 5.69 Å². The van der Waals surface area contributed by atoms with Crippen molar-refractivity contribution >= 4 is 50.5 Å². The average molecular weight is 391 g/mol. The fourth-order valence-electron chi connectivity index (χ4n) is 3.10. The van der Waals surface area contributed by atoms with E-state index >= 15 is 0 Å². The summed E-state index contributed by atoms with van der Waals surface area (Å²) in [5, 5.41) is 3.44. The van der Waals surface area contributed by atoms with E-state index in [4.69, 9.17) is 23.2 Å². The van der Waals surface area contributed by atoms with E-state index in [2.05, 4.69) is 5.32 Å². The quantitative estimate of drug-likeness (QED) is 0.854. The number of hydrogen-bond acceptors (Lipinski definition) is 4. The number of carbonyl (C=O) groups excluding carboxylic acids is 2. The Balaban J connectivity index is 1.64. The Morgan fingerprint density at radius 1 is 1.25 bits per heavy atom. The van der Waals surface area contributed by atoms with Gasteiger partial charge in [0.15, 0.2) is 9.84 Å². The molecule has 9 heteroatoms. The molecule has 24 heavy (non-hydrogen) atoms. The van der Waals surface area contributed by atoms with E-state index in [0.717, 1.165) is 0 Å². The summed E-state index contributed by atoms with van der Waals surface area (Å²) in [5.41, 5.74) is 0.503. The molecule has 130 valence electrons. The largest absolute Gasteiger partial charge is 0.338 e. The third-order valence-electron chi connectivity index (χ3n) is 4.37. The molecule has 0 bridgehead atoms. The number of hydrogen-bond donors (Lipinski definition) is 1. The highest BCUT2D eigenvalue weighted by Crippen LogP contribution is 2.28. The fraction of sp³-hybridized carbons (Fsp3) is 0.467. The van der Waals surface area contributed by atoms with Crippen molar-refractivity contribution in [2.24, 2.45) is 5.92 Å². The Hall–Kier alpha value is -1.31. The van der Waals surface area contributed by atoms with Crippen LogP contribution in [0.2, 0.25) is 10.0 Å². The molecular formula is C15H16Cl2N2O4S. The second kappa shape index (κ2) is 6.54. The molecule has 0 aromatic heterocycles. The van der Waals surface area contributed by atoms with Crippen molar-refractivity contribution < 1.29 is 18.0 Å². The normalized spacial score (nSPS) is 25.9. The van der Waals surface area contributed by atoms with Gasteiger partial charge in [-0.3, -0.25) is 9.59 Å². The van der Waals surface area contributed by atoms with Crippen LogP contribution in [0.5, 0.6) is 0 Å². The molecular weight excluding hydrogens is 375 g/mol. The van der Waals surface area contributed by atoms with Gasteiger partial charge in [0.2, 0.25) is 11.8 Å². The molecule has 2 amide bonds. The number of nitrogens with zero attached hydrogens (tertiary/aromatic N) is 1. The van der Waals surface area contributed by atoms with Gasteiger partial charge < -0.3 is 10.2 Å². The van der Waals surface area contributed by atoms with Crippen molar-refractivity contribution in [3.63, 3.8) is 0 Å². The standard InChI is InChI=1S/C15H16Cl2N2O4S/c16-12-2-1-10(6-13(12)17)18-15(21)9-5-14(20)19(7-9)11-3-4-24(22,23)8-11/h1-2,6,9,11H,3-5,7-8H2,(H,18,21). The zero-order chi connectivity index (χ0) is 17.5. The minimum atomic E-state index is -3.07. The van der Waals surface area contributed by atoms with Gasteiger partial charge >= 0.3 is 0 Å². The molecule has 2 fully saturated rings. The third kappa shape index (κ3) is 3.68. The van der Waals surface area contributed by atoms with E-state index in [9.17, 15) is 18.0 Å². The van der Waals surface area contributed by atoms with Crippen molar-refractivity contribution in [2.45, 2.75) is 18.9 Å². The zero-order valence-corrected chi connectivity index (χ0v) is 15.0.